The van der Waals surface area contributed by atoms with Gasteiger partial charge in [-0.1, -0.05) is 182 Å². The van der Waals surface area contributed by atoms with Gasteiger partial charge in [0.05, 0.1) is 33.5 Å². The van der Waals surface area contributed by atoms with Crippen LogP contribution in [0.25, 0.3) is 122 Å². The molecule has 0 atom stereocenters. The molecular weight excluding hydrogens is 825 g/mol. The first kappa shape index (κ1) is 39.3. The summed E-state index contributed by atoms with van der Waals surface area (Å²) in [5, 5.41) is 4.94. The van der Waals surface area contributed by atoms with E-state index in [0.717, 1.165) is 50.6 Å². The van der Waals surface area contributed by atoms with Crippen molar-refractivity contribution in [2.45, 2.75) is 0 Å². The molecule has 4 nitrogen and oxygen atoms in total. The Labute approximate surface area is 394 Å². The van der Waals surface area contributed by atoms with Crippen molar-refractivity contribution in [2.75, 3.05) is 0 Å². The Morgan fingerprint density at radius 3 is 1.10 bits per heavy atom. The smallest absolute Gasteiger partial charge is 0.160 e. The van der Waals surface area contributed by atoms with Crippen molar-refractivity contribution < 1.29 is 0 Å². The third-order valence-corrected chi connectivity index (χ3v) is 13.4. The minimum absolute atomic E-state index is 0.712. The first-order valence-electron chi connectivity index (χ1n) is 23.1. The Hall–Kier alpha value is -9.12. The number of benzene rings is 10. The van der Waals surface area contributed by atoms with E-state index in [9.17, 15) is 0 Å². The highest BCUT2D eigenvalue weighted by Crippen LogP contribution is 2.40. The van der Waals surface area contributed by atoms with Gasteiger partial charge in [-0.15, -0.1) is 0 Å². The molecule has 4 heteroatoms. The number of aromatic nitrogens is 4. The molecule has 0 saturated heterocycles. The van der Waals surface area contributed by atoms with Gasteiger partial charge >= 0.3 is 0 Å². The second-order valence-electron chi connectivity index (χ2n) is 17.4. The van der Waals surface area contributed by atoms with E-state index < -0.39 is 0 Å². The molecule has 68 heavy (non-hydrogen) atoms. The summed E-state index contributed by atoms with van der Waals surface area (Å²) in [4.78, 5) is 10.0. The standard InChI is InChI=1S/C64H42N4/c1-5-15-43(16-6-1)49-31-36-62-56(39-49)57-41-51(50-32-37-61-55(40-50)54-23-13-14-24-60(54)67(61)52-21-11-4-12-22-52)33-38-63(57)68(62)53-34-29-45(30-35-53)44-25-27-47(28-26-44)59-42-58(46-17-7-2-8-18-46)65-64(66-59)48-19-9-3-10-20-48/h1-42H. The van der Waals surface area contributed by atoms with Crippen LogP contribution in [0.2, 0.25) is 0 Å². The van der Waals surface area contributed by atoms with Crippen LogP contribution in [0.3, 0.4) is 0 Å². The zero-order valence-corrected chi connectivity index (χ0v) is 37.0. The van der Waals surface area contributed by atoms with Crippen molar-refractivity contribution in [3.05, 3.63) is 255 Å². The number of nitrogens with zero attached hydrogens (tertiary/aromatic N) is 4. The summed E-state index contributed by atoms with van der Waals surface area (Å²) >= 11 is 0. The second-order valence-corrected chi connectivity index (χ2v) is 17.4. The van der Waals surface area contributed by atoms with Gasteiger partial charge < -0.3 is 9.13 Å². The summed E-state index contributed by atoms with van der Waals surface area (Å²) in [6.45, 7) is 0. The molecular formula is C64H42N4. The quantitative estimate of drug-likeness (QED) is 0.153. The topological polar surface area (TPSA) is 35.6 Å². The molecule has 0 spiro atoms. The number of hydrogen-bond acceptors (Lipinski definition) is 2. The molecule has 3 aromatic heterocycles. The van der Waals surface area contributed by atoms with Gasteiger partial charge in [-0.3, -0.25) is 0 Å². The molecule has 3 heterocycles. The minimum atomic E-state index is 0.712. The van der Waals surface area contributed by atoms with Crippen LogP contribution < -0.4 is 0 Å². The molecule has 0 saturated carbocycles. The molecule has 0 fully saturated rings. The van der Waals surface area contributed by atoms with Gasteiger partial charge in [-0.25, -0.2) is 9.97 Å². The Morgan fingerprint density at radius 1 is 0.221 bits per heavy atom. The van der Waals surface area contributed by atoms with E-state index in [1.165, 1.54) is 65.9 Å². The van der Waals surface area contributed by atoms with Crippen LogP contribution in [0.4, 0.5) is 0 Å². The number of hydrogen-bond donors (Lipinski definition) is 0. The Morgan fingerprint density at radius 2 is 0.559 bits per heavy atom. The van der Waals surface area contributed by atoms with Crippen molar-refractivity contribution in [1.29, 1.82) is 0 Å². The Balaban J connectivity index is 0.881. The van der Waals surface area contributed by atoms with E-state index in [0.29, 0.717) is 5.82 Å². The van der Waals surface area contributed by atoms with Crippen LogP contribution in [0.1, 0.15) is 0 Å². The number of para-hydroxylation sites is 2. The van der Waals surface area contributed by atoms with E-state index >= 15 is 0 Å². The average Bonchev–Trinajstić information content (AvgIpc) is 3.93. The molecule has 0 aliphatic rings. The van der Waals surface area contributed by atoms with Gasteiger partial charge in [0.2, 0.25) is 0 Å². The van der Waals surface area contributed by atoms with E-state index in [2.05, 4.69) is 228 Å². The maximum atomic E-state index is 5.06. The van der Waals surface area contributed by atoms with Crippen molar-refractivity contribution >= 4 is 43.6 Å². The fourth-order valence-corrected chi connectivity index (χ4v) is 10.0. The maximum absolute atomic E-state index is 5.06. The lowest BCUT2D eigenvalue weighted by molar-refractivity contribution is 1.18. The average molecular weight is 867 g/mol. The Kier molecular flexibility index (Phi) is 9.47. The van der Waals surface area contributed by atoms with Gasteiger partial charge in [-0.2, -0.15) is 0 Å². The highest BCUT2D eigenvalue weighted by molar-refractivity contribution is 6.13. The summed E-state index contributed by atoms with van der Waals surface area (Å²) < 4.78 is 4.79. The van der Waals surface area contributed by atoms with Crippen molar-refractivity contribution in [2.24, 2.45) is 0 Å². The van der Waals surface area contributed by atoms with E-state index in [1.54, 1.807) is 0 Å². The van der Waals surface area contributed by atoms with Crippen LogP contribution in [0.15, 0.2) is 255 Å². The van der Waals surface area contributed by atoms with E-state index in [1.807, 2.05) is 36.4 Å². The molecule has 13 aromatic rings. The lowest BCUT2D eigenvalue weighted by Gasteiger charge is -2.11. The summed E-state index contributed by atoms with van der Waals surface area (Å²) in [5.41, 5.74) is 19.0. The molecule has 318 valence electrons. The molecule has 0 unspecified atom stereocenters. The van der Waals surface area contributed by atoms with Gasteiger partial charge in [0, 0.05) is 49.6 Å². The van der Waals surface area contributed by atoms with Crippen molar-refractivity contribution in [3.63, 3.8) is 0 Å². The zero-order valence-electron chi connectivity index (χ0n) is 37.0. The van der Waals surface area contributed by atoms with E-state index in [-0.39, 0.29) is 0 Å². The highest BCUT2D eigenvalue weighted by atomic mass is 15.0. The fraction of sp³-hybridized carbons (Fsp3) is 0. The summed E-state index contributed by atoms with van der Waals surface area (Å²) in [7, 11) is 0. The van der Waals surface area contributed by atoms with E-state index in [4.69, 9.17) is 9.97 Å². The zero-order chi connectivity index (χ0) is 45.0. The highest BCUT2D eigenvalue weighted by Gasteiger charge is 2.18. The largest absolute Gasteiger partial charge is 0.309 e. The SMILES string of the molecule is c1ccc(-c2ccc3c(c2)c2cc(-c4ccc5c(c4)c4ccccc4n5-c4ccccc4)ccc2n3-c2ccc(-c3ccc(-c4cc(-c5ccccc5)nc(-c5ccccc5)n4)cc3)cc2)cc1. The van der Waals surface area contributed by atoms with Gasteiger partial charge in [0.15, 0.2) is 5.82 Å². The van der Waals surface area contributed by atoms with Gasteiger partial charge in [0.1, 0.15) is 0 Å². The molecule has 0 N–H and O–H groups in total. The predicted octanol–water partition coefficient (Wildman–Crippen LogP) is 16.7. The van der Waals surface area contributed by atoms with Crippen molar-refractivity contribution in [3.8, 4) is 78.7 Å². The lowest BCUT2D eigenvalue weighted by Crippen LogP contribution is -1.96. The molecule has 13 rings (SSSR count). The Bertz CT molecular complexity index is 3910. The molecule has 0 aliphatic heterocycles. The van der Waals surface area contributed by atoms with Crippen molar-refractivity contribution in [1.82, 2.24) is 19.1 Å². The summed E-state index contributed by atoms with van der Waals surface area (Å²) in [6, 6.07) is 91.2. The van der Waals surface area contributed by atoms with Crippen LogP contribution in [-0.2, 0) is 0 Å². The summed E-state index contributed by atoms with van der Waals surface area (Å²) in [6.07, 6.45) is 0. The number of rotatable bonds is 8. The predicted molar refractivity (Wildman–Crippen MR) is 283 cm³/mol. The molecule has 10 aromatic carbocycles. The number of fused-ring (bicyclic) bond motifs is 6. The molecule has 0 aliphatic carbocycles. The normalized spacial score (nSPS) is 11.5. The van der Waals surface area contributed by atoms with Crippen LogP contribution in [0, 0.1) is 0 Å². The maximum Gasteiger partial charge on any atom is 0.160 e. The first-order chi connectivity index (χ1) is 33.7. The fourth-order valence-electron chi connectivity index (χ4n) is 10.0. The third-order valence-electron chi connectivity index (χ3n) is 13.4. The minimum Gasteiger partial charge on any atom is -0.309 e. The molecule has 0 radical (unpaired) electrons. The second kappa shape index (κ2) is 16.4. The van der Waals surface area contributed by atoms with Crippen LogP contribution in [0.5, 0.6) is 0 Å². The third kappa shape index (κ3) is 6.86. The lowest BCUT2D eigenvalue weighted by atomic mass is 9.99. The molecule has 0 amide bonds. The van der Waals surface area contributed by atoms with Crippen LogP contribution in [-0.4, -0.2) is 19.1 Å². The monoisotopic (exact) mass is 866 g/mol. The van der Waals surface area contributed by atoms with Gasteiger partial charge in [-0.05, 0) is 106 Å². The molecule has 0 bridgehead atoms. The summed E-state index contributed by atoms with van der Waals surface area (Å²) in [5.74, 6) is 0.712. The first-order valence-corrected chi connectivity index (χ1v) is 23.1. The van der Waals surface area contributed by atoms with Gasteiger partial charge in [0.25, 0.3) is 0 Å². The van der Waals surface area contributed by atoms with Crippen LogP contribution >= 0.6 is 0 Å².